The van der Waals surface area contributed by atoms with E-state index >= 15 is 0 Å². The first kappa shape index (κ1) is 18.7. The minimum Gasteiger partial charge on any atom is -0.465 e. The predicted octanol–water partition coefficient (Wildman–Crippen LogP) is 3.64. The molecule has 0 aliphatic rings. The predicted molar refractivity (Wildman–Crippen MR) is 101 cm³/mol. The van der Waals surface area contributed by atoms with Gasteiger partial charge in [0, 0.05) is 23.4 Å². The monoisotopic (exact) mass is 383 g/mol. The second kappa shape index (κ2) is 9.00. The zero-order valence-electron chi connectivity index (χ0n) is 14.5. The smallest absolute Gasteiger partial charge is 0.337 e. The molecule has 3 aromatic rings. The van der Waals surface area contributed by atoms with E-state index < -0.39 is 5.97 Å². The summed E-state index contributed by atoms with van der Waals surface area (Å²) in [4.78, 5) is 23.4. The largest absolute Gasteiger partial charge is 0.465 e. The molecule has 3 rings (SSSR count). The number of hydrogen-bond acceptors (Lipinski definition) is 7. The molecule has 0 fully saturated rings. The van der Waals surface area contributed by atoms with Crippen LogP contribution < -0.4 is 5.32 Å². The van der Waals surface area contributed by atoms with Crippen molar-refractivity contribution >= 4 is 29.3 Å². The normalized spacial score (nSPS) is 10.4. The lowest BCUT2D eigenvalue weighted by Gasteiger charge is -2.05. The van der Waals surface area contributed by atoms with Gasteiger partial charge < -0.3 is 14.5 Å². The number of methoxy groups -OCH3 is 1. The van der Waals surface area contributed by atoms with E-state index in [1.165, 1.54) is 18.9 Å². The molecule has 1 N–H and O–H groups in total. The Morgan fingerprint density at radius 1 is 1.07 bits per heavy atom. The Balaban J connectivity index is 1.46. The molecule has 1 heterocycles. The first-order valence-electron chi connectivity index (χ1n) is 8.15. The van der Waals surface area contributed by atoms with Crippen LogP contribution >= 0.6 is 11.8 Å². The zero-order chi connectivity index (χ0) is 19.1. The van der Waals surface area contributed by atoms with Gasteiger partial charge in [0.05, 0.1) is 12.7 Å². The number of nitrogens with one attached hydrogen (secondary N) is 1. The molecule has 0 saturated heterocycles. The lowest BCUT2D eigenvalue weighted by atomic mass is 10.2. The van der Waals surface area contributed by atoms with Gasteiger partial charge in [-0.3, -0.25) is 4.79 Å². The van der Waals surface area contributed by atoms with Crippen LogP contribution in [0.5, 0.6) is 0 Å². The summed E-state index contributed by atoms with van der Waals surface area (Å²) >= 11 is 1.32. The van der Waals surface area contributed by atoms with E-state index in [-0.39, 0.29) is 12.3 Å². The van der Waals surface area contributed by atoms with Crippen LogP contribution in [0, 0.1) is 0 Å². The van der Waals surface area contributed by atoms with Crippen molar-refractivity contribution in [3.63, 3.8) is 0 Å². The van der Waals surface area contributed by atoms with Crippen LogP contribution in [0.3, 0.4) is 0 Å². The zero-order valence-corrected chi connectivity index (χ0v) is 15.4. The molecule has 0 aliphatic heterocycles. The number of esters is 1. The standard InChI is InChI=1S/C19H17N3O4S/c1-25-18(24)14-7-9-15(10-8-14)20-16(23)11-12-27-19-22-21-17(26-19)13-5-3-2-4-6-13/h2-10H,11-12H2,1H3,(H,20,23). The van der Waals surface area contributed by atoms with E-state index in [4.69, 9.17) is 4.42 Å². The van der Waals surface area contributed by atoms with Crippen molar-refractivity contribution in [1.29, 1.82) is 0 Å². The first-order valence-corrected chi connectivity index (χ1v) is 9.14. The second-order valence-electron chi connectivity index (χ2n) is 5.45. The number of hydrogen-bond donors (Lipinski definition) is 1. The maximum atomic E-state index is 12.0. The fourth-order valence-corrected chi connectivity index (χ4v) is 2.93. The number of nitrogens with zero attached hydrogens (tertiary/aromatic N) is 2. The number of benzene rings is 2. The van der Waals surface area contributed by atoms with E-state index in [1.54, 1.807) is 24.3 Å². The Morgan fingerprint density at radius 3 is 2.52 bits per heavy atom. The van der Waals surface area contributed by atoms with Gasteiger partial charge in [-0.25, -0.2) is 4.79 Å². The van der Waals surface area contributed by atoms with Crippen LogP contribution in [-0.4, -0.2) is 34.9 Å². The number of aromatic nitrogens is 2. The summed E-state index contributed by atoms with van der Waals surface area (Å²) in [5, 5.41) is 11.2. The van der Waals surface area contributed by atoms with Crippen molar-refractivity contribution < 1.29 is 18.7 Å². The van der Waals surface area contributed by atoms with Crippen LogP contribution in [0.25, 0.3) is 11.5 Å². The number of carbonyl (C=O) groups excluding carboxylic acids is 2. The van der Waals surface area contributed by atoms with Crippen molar-refractivity contribution in [1.82, 2.24) is 10.2 Å². The average Bonchev–Trinajstić information content (AvgIpc) is 3.17. The molecule has 0 unspecified atom stereocenters. The van der Waals surface area contributed by atoms with Gasteiger partial charge in [0.1, 0.15) is 0 Å². The average molecular weight is 383 g/mol. The highest BCUT2D eigenvalue weighted by atomic mass is 32.2. The molecule has 27 heavy (non-hydrogen) atoms. The summed E-state index contributed by atoms with van der Waals surface area (Å²) in [5.74, 6) is 0.394. The van der Waals surface area contributed by atoms with Crippen LogP contribution in [-0.2, 0) is 9.53 Å². The number of carbonyl (C=O) groups is 2. The summed E-state index contributed by atoms with van der Waals surface area (Å²) in [7, 11) is 1.32. The minimum atomic E-state index is -0.418. The maximum absolute atomic E-state index is 12.0. The van der Waals surface area contributed by atoms with Gasteiger partial charge in [0.25, 0.3) is 5.22 Å². The SMILES string of the molecule is COC(=O)c1ccc(NC(=O)CCSc2nnc(-c3ccccc3)o2)cc1. The third kappa shape index (κ3) is 5.18. The maximum Gasteiger partial charge on any atom is 0.337 e. The number of amides is 1. The number of rotatable bonds is 7. The van der Waals surface area contributed by atoms with Gasteiger partial charge in [0.2, 0.25) is 11.8 Å². The molecular weight excluding hydrogens is 366 g/mol. The van der Waals surface area contributed by atoms with Gasteiger partial charge >= 0.3 is 5.97 Å². The Hall–Kier alpha value is -3.13. The van der Waals surface area contributed by atoms with Crippen LogP contribution in [0.2, 0.25) is 0 Å². The Morgan fingerprint density at radius 2 is 1.81 bits per heavy atom. The van der Waals surface area contributed by atoms with Gasteiger partial charge in [-0.15, -0.1) is 10.2 Å². The van der Waals surface area contributed by atoms with Crippen LogP contribution in [0.1, 0.15) is 16.8 Å². The first-order chi connectivity index (χ1) is 13.2. The summed E-state index contributed by atoms with van der Waals surface area (Å²) in [5.41, 5.74) is 1.89. The Labute approximate surface area is 160 Å². The van der Waals surface area contributed by atoms with Gasteiger partial charge in [0.15, 0.2) is 0 Å². The third-order valence-electron chi connectivity index (χ3n) is 3.57. The molecule has 1 aromatic heterocycles. The Bertz CT molecular complexity index is 910. The molecular formula is C19H17N3O4S. The van der Waals surface area contributed by atoms with E-state index in [9.17, 15) is 9.59 Å². The number of ether oxygens (including phenoxy) is 1. The van der Waals surface area contributed by atoms with Crippen LogP contribution in [0.4, 0.5) is 5.69 Å². The number of anilines is 1. The van der Waals surface area contributed by atoms with E-state index in [0.29, 0.717) is 28.1 Å². The van der Waals surface area contributed by atoms with Gasteiger partial charge in [-0.05, 0) is 36.4 Å². The molecule has 7 nitrogen and oxygen atoms in total. The molecule has 138 valence electrons. The molecule has 1 amide bonds. The van der Waals surface area contributed by atoms with Crippen molar-refractivity contribution in [2.24, 2.45) is 0 Å². The van der Waals surface area contributed by atoms with E-state index in [2.05, 4.69) is 20.3 Å². The Kier molecular flexibility index (Phi) is 6.22. The fraction of sp³-hybridized carbons (Fsp3) is 0.158. The molecule has 8 heteroatoms. The highest BCUT2D eigenvalue weighted by Crippen LogP contribution is 2.23. The van der Waals surface area contributed by atoms with Crippen molar-refractivity contribution in [2.45, 2.75) is 11.6 Å². The summed E-state index contributed by atoms with van der Waals surface area (Å²) < 4.78 is 10.2. The number of thioether (sulfide) groups is 1. The van der Waals surface area contributed by atoms with Crippen molar-refractivity contribution in [3.05, 3.63) is 60.2 Å². The molecule has 0 saturated carbocycles. The molecule has 0 spiro atoms. The molecule has 0 radical (unpaired) electrons. The van der Waals surface area contributed by atoms with Crippen LogP contribution in [0.15, 0.2) is 64.2 Å². The summed E-state index contributed by atoms with van der Waals surface area (Å²) in [6, 6.07) is 16.0. The lowest BCUT2D eigenvalue weighted by molar-refractivity contribution is -0.115. The molecule has 0 bridgehead atoms. The second-order valence-corrected chi connectivity index (χ2v) is 6.50. The molecule has 0 atom stereocenters. The third-order valence-corrected chi connectivity index (χ3v) is 4.39. The highest BCUT2D eigenvalue weighted by molar-refractivity contribution is 7.99. The summed E-state index contributed by atoms with van der Waals surface area (Å²) in [6.07, 6.45) is 0.284. The molecule has 0 aliphatic carbocycles. The van der Waals surface area contributed by atoms with E-state index in [1.807, 2.05) is 30.3 Å². The molecule has 2 aromatic carbocycles. The minimum absolute atomic E-state index is 0.142. The van der Waals surface area contributed by atoms with Gasteiger partial charge in [-0.1, -0.05) is 30.0 Å². The topological polar surface area (TPSA) is 94.3 Å². The van der Waals surface area contributed by atoms with E-state index in [0.717, 1.165) is 5.56 Å². The fourth-order valence-electron chi connectivity index (χ4n) is 2.23. The van der Waals surface area contributed by atoms with Crippen molar-refractivity contribution in [3.8, 4) is 11.5 Å². The quantitative estimate of drug-likeness (QED) is 0.491. The highest BCUT2D eigenvalue weighted by Gasteiger charge is 2.10. The van der Waals surface area contributed by atoms with Gasteiger partial charge in [-0.2, -0.15) is 0 Å². The summed E-state index contributed by atoms with van der Waals surface area (Å²) in [6.45, 7) is 0. The van der Waals surface area contributed by atoms with Crippen molar-refractivity contribution in [2.75, 3.05) is 18.2 Å². The lowest BCUT2D eigenvalue weighted by Crippen LogP contribution is -2.12.